The molecular weight excluding hydrogens is 386 g/mol. The van der Waals surface area contributed by atoms with Gasteiger partial charge in [-0.25, -0.2) is 0 Å². The summed E-state index contributed by atoms with van der Waals surface area (Å²) in [4.78, 5) is 31.5. The molecule has 0 radical (unpaired) electrons. The number of rotatable bonds is 7. The third-order valence-electron chi connectivity index (χ3n) is 5.37. The minimum absolute atomic E-state index is 0.196. The quantitative estimate of drug-likeness (QED) is 0.232. The molecule has 0 aliphatic rings. The van der Waals surface area contributed by atoms with E-state index in [1.807, 2.05) is 66.7 Å². The van der Waals surface area contributed by atoms with Crippen LogP contribution in [0.15, 0.2) is 97.2 Å². The average molecular weight is 409 g/mol. The number of pyridine rings is 1. The standard InChI is InChI=1S/C27H23NO3/c1-2-31-27(30)24(26(29)21-14-7-4-8-15-21)23(20-12-5-3-6-13-20)25-22-16-10-9-11-19(22)17-18-28-25/h3-18,23-24H,2H2,1H3/t23-,24+/m1/s1. The van der Waals surface area contributed by atoms with Gasteiger partial charge in [-0.05, 0) is 23.9 Å². The Kier molecular flexibility index (Phi) is 6.18. The van der Waals surface area contributed by atoms with E-state index in [0.717, 1.165) is 16.3 Å². The van der Waals surface area contributed by atoms with Crippen molar-refractivity contribution in [1.29, 1.82) is 0 Å². The van der Waals surface area contributed by atoms with Crippen LogP contribution in [0.2, 0.25) is 0 Å². The highest BCUT2D eigenvalue weighted by molar-refractivity contribution is 6.10. The van der Waals surface area contributed by atoms with E-state index >= 15 is 0 Å². The van der Waals surface area contributed by atoms with Crippen LogP contribution in [0, 0.1) is 5.92 Å². The second-order valence-electron chi connectivity index (χ2n) is 7.27. The Labute approximate surface area is 181 Å². The lowest BCUT2D eigenvalue weighted by Crippen LogP contribution is -2.33. The Balaban J connectivity index is 1.95. The highest BCUT2D eigenvalue weighted by Gasteiger charge is 2.40. The van der Waals surface area contributed by atoms with E-state index in [-0.39, 0.29) is 12.4 Å². The van der Waals surface area contributed by atoms with Crippen molar-refractivity contribution < 1.29 is 14.3 Å². The summed E-state index contributed by atoms with van der Waals surface area (Å²) in [7, 11) is 0. The fourth-order valence-electron chi connectivity index (χ4n) is 3.97. The lowest BCUT2D eigenvalue weighted by atomic mass is 9.78. The second kappa shape index (κ2) is 9.35. The summed E-state index contributed by atoms with van der Waals surface area (Å²) in [6.07, 6.45) is 1.73. The fraction of sp³-hybridized carbons (Fsp3) is 0.148. The molecule has 4 nitrogen and oxygen atoms in total. The molecule has 4 rings (SSSR count). The number of ether oxygens (including phenoxy) is 1. The number of hydrogen-bond donors (Lipinski definition) is 0. The molecule has 154 valence electrons. The first-order valence-electron chi connectivity index (χ1n) is 10.3. The van der Waals surface area contributed by atoms with Gasteiger partial charge in [-0.15, -0.1) is 0 Å². The highest BCUT2D eigenvalue weighted by Crippen LogP contribution is 2.37. The van der Waals surface area contributed by atoms with Crippen LogP contribution in [0.4, 0.5) is 0 Å². The van der Waals surface area contributed by atoms with Gasteiger partial charge in [-0.2, -0.15) is 0 Å². The molecule has 4 heteroatoms. The molecule has 0 saturated carbocycles. The number of carbonyl (C=O) groups excluding carboxylic acids is 2. The summed E-state index contributed by atoms with van der Waals surface area (Å²) in [6.45, 7) is 1.94. The molecule has 31 heavy (non-hydrogen) atoms. The van der Waals surface area contributed by atoms with E-state index in [2.05, 4.69) is 4.98 Å². The van der Waals surface area contributed by atoms with E-state index in [0.29, 0.717) is 11.3 Å². The van der Waals surface area contributed by atoms with Crippen LogP contribution in [-0.2, 0) is 9.53 Å². The Morgan fingerprint density at radius 1 is 0.839 bits per heavy atom. The highest BCUT2D eigenvalue weighted by atomic mass is 16.5. The minimum atomic E-state index is -1.05. The number of carbonyl (C=O) groups is 2. The number of benzene rings is 3. The summed E-state index contributed by atoms with van der Waals surface area (Å²) in [5, 5.41) is 1.91. The number of esters is 1. The van der Waals surface area contributed by atoms with Crippen molar-refractivity contribution >= 4 is 22.5 Å². The molecule has 0 aliphatic heterocycles. The van der Waals surface area contributed by atoms with Gasteiger partial charge < -0.3 is 4.74 Å². The number of ketones is 1. The zero-order chi connectivity index (χ0) is 21.6. The molecular formula is C27H23NO3. The van der Waals surface area contributed by atoms with E-state index in [1.165, 1.54) is 0 Å². The van der Waals surface area contributed by atoms with Crippen molar-refractivity contribution in [3.8, 4) is 0 Å². The lowest BCUT2D eigenvalue weighted by Gasteiger charge is -2.26. The Morgan fingerprint density at radius 2 is 1.48 bits per heavy atom. The van der Waals surface area contributed by atoms with Crippen molar-refractivity contribution in [2.24, 2.45) is 5.92 Å². The van der Waals surface area contributed by atoms with Gasteiger partial charge in [0.25, 0.3) is 0 Å². The normalized spacial score (nSPS) is 12.8. The smallest absolute Gasteiger partial charge is 0.317 e. The predicted octanol–water partition coefficient (Wildman–Crippen LogP) is 5.43. The number of hydrogen-bond acceptors (Lipinski definition) is 4. The van der Waals surface area contributed by atoms with Crippen LogP contribution in [-0.4, -0.2) is 23.3 Å². The van der Waals surface area contributed by atoms with Gasteiger partial charge in [0.1, 0.15) is 5.92 Å². The molecule has 0 spiro atoms. The lowest BCUT2D eigenvalue weighted by molar-refractivity contribution is -0.146. The number of aromatic nitrogens is 1. The summed E-state index contributed by atoms with van der Waals surface area (Å²) in [6, 6.07) is 28.3. The van der Waals surface area contributed by atoms with Crippen LogP contribution in [0.1, 0.15) is 34.5 Å². The third kappa shape index (κ3) is 4.24. The van der Waals surface area contributed by atoms with Crippen LogP contribution in [0.3, 0.4) is 0 Å². The van der Waals surface area contributed by atoms with Crippen molar-refractivity contribution in [3.05, 3.63) is 114 Å². The summed E-state index contributed by atoms with van der Waals surface area (Å²) in [5.74, 6) is -2.45. The first-order valence-corrected chi connectivity index (χ1v) is 10.3. The summed E-state index contributed by atoms with van der Waals surface area (Å²) >= 11 is 0. The van der Waals surface area contributed by atoms with Crippen LogP contribution >= 0.6 is 0 Å². The molecule has 1 aromatic heterocycles. The van der Waals surface area contributed by atoms with Gasteiger partial charge in [0, 0.05) is 23.1 Å². The molecule has 0 fully saturated rings. The second-order valence-corrected chi connectivity index (χ2v) is 7.27. The van der Waals surface area contributed by atoms with Crippen molar-refractivity contribution in [2.75, 3.05) is 6.61 Å². The van der Waals surface area contributed by atoms with Crippen molar-refractivity contribution in [2.45, 2.75) is 12.8 Å². The first-order chi connectivity index (χ1) is 15.2. The summed E-state index contributed by atoms with van der Waals surface area (Å²) < 4.78 is 5.40. The molecule has 0 amide bonds. The van der Waals surface area contributed by atoms with Gasteiger partial charge >= 0.3 is 5.97 Å². The molecule has 1 heterocycles. The maximum Gasteiger partial charge on any atom is 0.317 e. The zero-order valence-corrected chi connectivity index (χ0v) is 17.3. The van der Waals surface area contributed by atoms with Crippen LogP contribution in [0.25, 0.3) is 10.8 Å². The Morgan fingerprint density at radius 3 is 2.19 bits per heavy atom. The first kappa shape index (κ1) is 20.5. The molecule has 0 N–H and O–H groups in total. The van der Waals surface area contributed by atoms with E-state index in [4.69, 9.17) is 4.74 Å². The maximum absolute atomic E-state index is 13.7. The number of nitrogens with zero attached hydrogens (tertiary/aromatic N) is 1. The molecule has 0 unspecified atom stereocenters. The molecule has 0 aliphatic carbocycles. The molecule has 0 saturated heterocycles. The zero-order valence-electron chi connectivity index (χ0n) is 17.3. The van der Waals surface area contributed by atoms with Gasteiger partial charge in [0.15, 0.2) is 5.78 Å². The van der Waals surface area contributed by atoms with Crippen LogP contribution < -0.4 is 0 Å². The van der Waals surface area contributed by atoms with E-state index in [1.54, 1.807) is 37.4 Å². The van der Waals surface area contributed by atoms with E-state index in [9.17, 15) is 9.59 Å². The van der Waals surface area contributed by atoms with Gasteiger partial charge in [0.2, 0.25) is 0 Å². The predicted molar refractivity (Wildman–Crippen MR) is 121 cm³/mol. The molecule has 3 aromatic carbocycles. The Bertz CT molecular complexity index is 1180. The molecule has 4 aromatic rings. The van der Waals surface area contributed by atoms with Crippen molar-refractivity contribution in [3.63, 3.8) is 0 Å². The van der Waals surface area contributed by atoms with Gasteiger partial charge in [0.05, 0.1) is 12.3 Å². The SMILES string of the molecule is CCOC(=O)[C@H](C(=O)c1ccccc1)[C@@H](c1ccccc1)c1nccc2ccccc12. The molecule has 0 bridgehead atoms. The van der Waals surface area contributed by atoms with E-state index < -0.39 is 17.8 Å². The Hall–Kier alpha value is -3.79. The van der Waals surface area contributed by atoms with Gasteiger partial charge in [-0.1, -0.05) is 84.9 Å². The van der Waals surface area contributed by atoms with Crippen LogP contribution in [0.5, 0.6) is 0 Å². The fourth-order valence-corrected chi connectivity index (χ4v) is 3.97. The monoisotopic (exact) mass is 409 g/mol. The average Bonchev–Trinajstić information content (AvgIpc) is 2.83. The van der Waals surface area contributed by atoms with Gasteiger partial charge in [-0.3, -0.25) is 14.6 Å². The largest absolute Gasteiger partial charge is 0.465 e. The van der Waals surface area contributed by atoms with Crippen molar-refractivity contribution in [1.82, 2.24) is 4.98 Å². The maximum atomic E-state index is 13.7. The summed E-state index contributed by atoms with van der Waals surface area (Å²) in [5.41, 5.74) is 2.00. The third-order valence-corrected chi connectivity index (χ3v) is 5.37. The minimum Gasteiger partial charge on any atom is -0.465 e. The topological polar surface area (TPSA) is 56.3 Å². The number of fused-ring (bicyclic) bond motifs is 1. The number of Topliss-reactive ketones (excluding diaryl/α,β-unsaturated/α-hetero) is 1. The molecule has 2 atom stereocenters.